The van der Waals surface area contributed by atoms with Crippen molar-refractivity contribution in [3.63, 3.8) is 0 Å². The zero-order valence-electron chi connectivity index (χ0n) is 21.8. The topological polar surface area (TPSA) is 109 Å². The Bertz CT molecular complexity index is 1650. The van der Waals surface area contributed by atoms with Crippen LogP contribution < -0.4 is 15.5 Å². The number of imide groups is 1. The van der Waals surface area contributed by atoms with E-state index in [1.807, 2.05) is 18.2 Å². The first kappa shape index (κ1) is 28.4. The number of carbonyl (C=O) groups excluding carboxylic acids is 4. The zero-order valence-corrected chi connectivity index (χ0v) is 24.8. The smallest absolute Gasteiger partial charge is 0.272 e. The van der Waals surface area contributed by atoms with Crippen molar-refractivity contribution in [2.45, 2.75) is 23.5 Å². The van der Waals surface area contributed by atoms with Crippen LogP contribution in [0.25, 0.3) is 6.08 Å². The number of rotatable bonds is 8. The molecule has 4 aromatic rings. The third-order valence-corrected chi connectivity index (χ3v) is 8.03. The number of halogens is 1. The molecule has 4 amide bonds. The van der Waals surface area contributed by atoms with Crippen LogP contribution in [0.15, 0.2) is 106 Å². The van der Waals surface area contributed by atoms with Crippen LogP contribution in [0.1, 0.15) is 28.3 Å². The summed E-state index contributed by atoms with van der Waals surface area (Å²) in [5.74, 6) is -0.458. The van der Waals surface area contributed by atoms with Crippen molar-refractivity contribution in [1.82, 2.24) is 5.32 Å². The van der Waals surface area contributed by atoms with Crippen molar-refractivity contribution in [2.24, 2.45) is 0 Å². The van der Waals surface area contributed by atoms with Gasteiger partial charge in [0.1, 0.15) is 17.2 Å². The second-order valence-electron chi connectivity index (χ2n) is 9.16. The minimum Gasteiger partial charge on any atom is -0.462 e. The molecule has 5 rings (SSSR count). The van der Waals surface area contributed by atoms with Crippen LogP contribution in [0.4, 0.5) is 11.4 Å². The Kier molecular flexibility index (Phi) is 8.70. The monoisotopic (exact) mass is 677 g/mol. The van der Waals surface area contributed by atoms with Crippen LogP contribution >= 0.6 is 34.4 Å². The zero-order chi connectivity index (χ0) is 28.9. The second-order valence-corrected chi connectivity index (χ2v) is 11.7. The number of carbonyl (C=O) groups is 4. The van der Waals surface area contributed by atoms with Gasteiger partial charge in [-0.2, -0.15) is 0 Å². The van der Waals surface area contributed by atoms with Gasteiger partial charge in [0, 0.05) is 32.2 Å². The molecule has 0 aliphatic carbocycles. The maximum atomic E-state index is 13.3. The first-order valence-electron chi connectivity index (χ1n) is 12.6. The number of benzene rings is 3. The van der Waals surface area contributed by atoms with E-state index in [0.29, 0.717) is 33.4 Å². The summed E-state index contributed by atoms with van der Waals surface area (Å²) in [6.45, 7) is 1.78. The highest BCUT2D eigenvalue weighted by atomic mass is 127. The van der Waals surface area contributed by atoms with E-state index in [1.54, 1.807) is 79.7 Å². The molecule has 8 nitrogen and oxygen atoms in total. The fourth-order valence-corrected chi connectivity index (χ4v) is 5.66. The maximum absolute atomic E-state index is 13.3. The lowest BCUT2D eigenvalue weighted by Crippen LogP contribution is -2.31. The van der Waals surface area contributed by atoms with Gasteiger partial charge in [0.15, 0.2) is 0 Å². The van der Waals surface area contributed by atoms with Gasteiger partial charge in [-0.05, 0) is 96.2 Å². The number of hydrogen-bond donors (Lipinski definition) is 2. The van der Waals surface area contributed by atoms with E-state index in [0.717, 1.165) is 3.57 Å². The number of nitrogens with one attached hydrogen (secondary N) is 2. The molecule has 0 bridgehead atoms. The molecular formula is C31H24IN3O5S. The summed E-state index contributed by atoms with van der Waals surface area (Å²) in [5, 5.41) is 4.90. The molecule has 41 heavy (non-hydrogen) atoms. The summed E-state index contributed by atoms with van der Waals surface area (Å²) in [5.41, 5.74) is 1.40. The van der Waals surface area contributed by atoms with Gasteiger partial charge in [-0.25, -0.2) is 4.90 Å². The summed E-state index contributed by atoms with van der Waals surface area (Å²) in [7, 11) is 0. The van der Waals surface area contributed by atoms with E-state index < -0.39 is 17.1 Å². The average molecular weight is 678 g/mol. The van der Waals surface area contributed by atoms with E-state index in [-0.39, 0.29) is 23.9 Å². The Morgan fingerprint density at radius 1 is 0.976 bits per heavy atom. The van der Waals surface area contributed by atoms with Gasteiger partial charge in [0.25, 0.3) is 11.8 Å². The number of aryl methyl sites for hydroxylation is 1. The molecule has 2 heterocycles. The number of hydrogen-bond acceptors (Lipinski definition) is 6. The van der Waals surface area contributed by atoms with Crippen molar-refractivity contribution in [3.05, 3.63) is 117 Å². The quantitative estimate of drug-likeness (QED) is 0.134. The van der Waals surface area contributed by atoms with Crippen LogP contribution in [0.3, 0.4) is 0 Å². The Hall–Kier alpha value is -4.16. The lowest BCUT2D eigenvalue weighted by molar-refractivity contribution is -0.121. The van der Waals surface area contributed by atoms with Gasteiger partial charge in [0.2, 0.25) is 11.8 Å². The predicted molar refractivity (Wildman–Crippen MR) is 166 cm³/mol. The summed E-state index contributed by atoms with van der Waals surface area (Å²) in [4.78, 5) is 53.9. The second kappa shape index (κ2) is 12.6. The maximum Gasteiger partial charge on any atom is 0.272 e. The van der Waals surface area contributed by atoms with E-state index in [9.17, 15) is 19.2 Å². The molecule has 0 saturated carbocycles. The van der Waals surface area contributed by atoms with Gasteiger partial charge in [-0.1, -0.05) is 24.3 Å². The normalized spacial score (nSPS) is 15.2. The van der Waals surface area contributed by atoms with Gasteiger partial charge in [0.05, 0.1) is 10.9 Å². The molecule has 0 unspecified atom stereocenters. The number of nitrogens with zero attached hydrogens (tertiary/aromatic N) is 1. The Balaban J connectivity index is 1.31. The molecule has 1 aromatic heterocycles. The van der Waals surface area contributed by atoms with Crippen molar-refractivity contribution in [3.8, 4) is 0 Å². The van der Waals surface area contributed by atoms with Crippen molar-refractivity contribution in [1.29, 1.82) is 0 Å². The summed E-state index contributed by atoms with van der Waals surface area (Å²) in [6.07, 6.45) is 1.54. The van der Waals surface area contributed by atoms with Gasteiger partial charge in [-0.3, -0.25) is 19.2 Å². The average Bonchev–Trinajstić information content (AvgIpc) is 3.50. The molecule has 1 saturated heterocycles. The largest absolute Gasteiger partial charge is 0.462 e. The van der Waals surface area contributed by atoms with Crippen molar-refractivity contribution < 1.29 is 23.6 Å². The summed E-state index contributed by atoms with van der Waals surface area (Å²) in [6, 6.07) is 26.2. The molecule has 1 aliphatic heterocycles. The highest BCUT2D eigenvalue weighted by Gasteiger charge is 2.40. The van der Waals surface area contributed by atoms with Crippen molar-refractivity contribution >= 4 is 75.4 Å². The predicted octanol–water partition coefficient (Wildman–Crippen LogP) is 6.03. The van der Waals surface area contributed by atoms with E-state index in [1.165, 1.54) is 22.7 Å². The lowest BCUT2D eigenvalue weighted by Gasteiger charge is -2.15. The molecule has 10 heteroatoms. The number of amides is 4. The molecule has 1 fully saturated rings. The minimum absolute atomic E-state index is 0.00371. The number of furan rings is 1. The first-order valence-corrected chi connectivity index (χ1v) is 14.6. The Morgan fingerprint density at radius 2 is 1.73 bits per heavy atom. The van der Waals surface area contributed by atoms with E-state index in [4.69, 9.17) is 4.42 Å². The Morgan fingerprint density at radius 3 is 2.44 bits per heavy atom. The molecular weight excluding hydrogens is 653 g/mol. The fraction of sp³-hybridized carbons (Fsp3) is 0.0968. The minimum atomic E-state index is -0.587. The van der Waals surface area contributed by atoms with Gasteiger partial charge >= 0.3 is 0 Å². The summed E-state index contributed by atoms with van der Waals surface area (Å²) >= 11 is 3.43. The molecule has 1 atom stereocenters. The molecule has 0 radical (unpaired) electrons. The summed E-state index contributed by atoms with van der Waals surface area (Å²) < 4.78 is 6.59. The highest BCUT2D eigenvalue weighted by Crippen LogP contribution is 2.35. The molecule has 206 valence electrons. The molecule has 2 N–H and O–H groups in total. The standard InChI is InChI=1S/C31H24IN3O5S/c1-19-10-15-24(40-19)17-26(34-29(37)20-6-3-2-4-7-20)30(38)33-22-8-5-9-25(16-22)41-27-18-28(36)35(31(27)39)23-13-11-21(32)12-14-23/h2-17,27H,18H2,1H3,(H,33,38)(H,34,37)/b26-17-/t27-/m1/s1. The third-order valence-electron chi connectivity index (χ3n) is 6.14. The van der Waals surface area contributed by atoms with Gasteiger partial charge in [-0.15, -0.1) is 11.8 Å². The Labute approximate surface area is 254 Å². The lowest BCUT2D eigenvalue weighted by atomic mass is 10.2. The molecule has 3 aromatic carbocycles. The van der Waals surface area contributed by atoms with Crippen LogP contribution in [0.2, 0.25) is 0 Å². The van der Waals surface area contributed by atoms with Crippen LogP contribution in [-0.2, 0) is 14.4 Å². The SMILES string of the molecule is Cc1ccc(/C=C(\NC(=O)c2ccccc2)C(=O)Nc2cccc(S[C@@H]3CC(=O)N(c4ccc(I)cc4)C3=O)c2)o1. The van der Waals surface area contributed by atoms with Crippen molar-refractivity contribution in [2.75, 3.05) is 10.2 Å². The number of anilines is 2. The van der Waals surface area contributed by atoms with Crippen LogP contribution in [0.5, 0.6) is 0 Å². The fourth-order valence-electron chi connectivity index (χ4n) is 4.18. The first-order chi connectivity index (χ1) is 19.8. The van der Waals surface area contributed by atoms with Crippen LogP contribution in [0, 0.1) is 10.5 Å². The third kappa shape index (κ3) is 6.95. The van der Waals surface area contributed by atoms with E-state index in [2.05, 4.69) is 33.2 Å². The van der Waals surface area contributed by atoms with Crippen LogP contribution in [-0.4, -0.2) is 28.9 Å². The highest BCUT2D eigenvalue weighted by molar-refractivity contribution is 14.1. The molecule has 0 spiro atoms. The van der Waals surface area contributed by atoms with Gasteiger partial charge < -0.3 is 15.1 Å². The van der Waals surface area contributed by atoms with E-state index >= 15 is 0 Å². The molecule has 1 aliphatic rings. The number of thioether (sulfide) groups is 1.